The second-order valence-electron chi connectivity index (χ2n) is 6.21. The van der Waals surface area contributed by atoms with Gasteiger partial charge in [0.25, 0.3) is 5.91 Å². The summed E-state index contributed by atoms with van der Waals surface area (Å²) in [7, 11) is 0. The van der Waals surface area contributed by atoms with Crippen molar-refractivity contribution >= 4 is 28.3 Å². The highest BCUT2D eigenvalue weighted by Crippen LogP contribution is 2.31. The van der Waals surface area contributed by atoms with Crippen molar-refractivity contribution in [2.24, 2.45) is 0 Å². The van der Waals surface area contributed by atoms with E-state index < -0.39 is 23.4 Å². The van der Waals surface area contributed by atoms with E-state index in [0.717, 1.165) is 17.0 Å². The Labute approximate surface area is 175 Å². The van der Waals surface area contributed by atoms with Gasteiger partial charge >= 0.3 is 0 Å². The predicted octanol–water partition coefficient (Wildman–Crippen LogP) is 4.16. The van der Waals surface area contributed by atoms with Crippen LogP contribution in [0.25, 0.3) is 11.3 Å². The molecule has 30 heavy (non-hydrogen) atoms. The van der Waals surface area contributed by atoms with E-state index in [-0.39, 0.29) is 6.54 Å². The number of carbonyl (C=O) groups is 2. The number of para-hydroxylation sites is 1. The minimum atomic E-state index is -0.972. The maximum Gasteiger partial charge on any atom is 0.255 e. The SMILES string of the molecule is CCOc1ccccc1C(=O)NCC(=O)Nc1nc(-c2ccc(F)c(F)c2)c(C)s1. The second kappa shape index (κ2) is 9.45. The fourth-order valence-corrected chi connectivity index (χ4v) is 3.57. The molecule has 1 aromatic heterocycles. The molecule has 0 spiro atoms. The highest BCUT2D eigenvalue weighted by molar-refractivity contribution is 7.16. The van der Waals surface area contributed by atoms with Gasteiger partial charge in [-0.3, -0.25) is 9.59 Å². The summed E-state index contributed by atoms with van der Waals surface area (Å²) in [5.41, 5.74) is 1.19. The third-order valence-electron chi connectivity index (χ3n) is 4.08. The Morgan fingerprint density at radius 2 is 1.90 bits per heavy atom. The summed E-state index contributed by atoms with van der Waals surface area (Å²) < 4.78 is 32.0. The number of amides is 2. The summed E-state index contributed by atoms with van der Waals surface area (Å²) in [4.78, 5) is 29.6. The first-order valence-electron chi connectivity index (χ1n) is 9.11. The average Bonchev–Trinajstić information content (AvgIpc) is 3.09. The van der Waals surface area contributed by atoms with Gasteiger partial charge in [0.15, 0.2) is 16.8 Å². The van der Waals surface area contributed by atoms with Crippen molar-refractivity contribution in [3.63, 3.8) is 0 Å². The fraction of sp³-hybridized carbons (Fsp3) is 0.190. The minimum Gasteiger partial charge on any atom is -0.493 e. The second-order valence-corrected chi connectivity index (χ2v) is 7.42. The van der Waals surface area contributed by atoms with Crippen LogP contribution in [0, 0.1) is 18.6 Å². The van der Waals surface area contributed by atoms with Crippen molar-refractivity contribution in [3.8, 4) is 17.0 Å². The van der Waals surface area contributed by atoms with Crippen molar-refractivity contribution in [1.82, 2.24) is 10.3 Å². The number of anilines is 1. The standard InChI is InChI=1S/C21H19F2N3O3S/c1-3-29-17-7-5-4-6-14(17)20(28)24-11-18(27)25-21-26-19(12(2)30-21)13-8-9-15(22)16(23)10-13/h4-10H,3,11H2,1-2H3,(H,24,28)(H,25,26,27). The van der Waals surface area contributed by atoms with Crippen LogP contribution in [0.1, 0.15) is 22.2 Å². The molecule has 0 aliphatic rings. The number of rotatable bonds is 7. The molecule has 0 atom stereocenters. The normalized spacial score (nSPS) is 10.5. The first-order chi connectivity index (χ1) is 14.4. The molecule has 2 amide bonds. The maximum atomic E-state index is 13.5. The number of benzene rings is 2. The molecule has 1 heterocycles. The molecular weight excluding hydrogens is 412 g/mol. The topological polar surface area (TPSA) is 80.3 Å². The molecule has 0 aliphatic heterocycles. The van der Waals surface area contributed by atoms with Crippen LogP contribution >= 0.6 is 11.3 Å². The van der Waals surface area contributed by atoms with Gasteiger partial charge in [0, 0.05) is 10.4 Å². The Kier molecular flexibility index (Phi) is 6.73. The zero-order valence-electron chi connectivity index (χ0n) is 16.3. The van der Waals surface area contributed by atoms with Gasteiger partial charge in [-0.2, -0.15) is 0 Å². The largest absolute Gasteiger partial charge is 0.493 e. The first-order valence-corrected chi connectivity index (χ1v) is 9.93. The third-order valence-corrected chi connectivity index (χ3v) is 4.96. The smallest absolute Gasteiger partial charge is 0.255 e. The number of hydrogen-bond acceptors (Lipinski definition) is 5. The molecule has 6 nitrogen and oxygen atoms in total. The Morgan fingerprint density at radius 1 is 1.13 bits per heavy atom. The molecule has 0 saturated heterocycles. The third kappa shape index (κ3) is 4.98. The number of ether oxygens (including phenoxy) is 1. The number of halogens is 2. The first kappa shape index (κ1) is 21.4. The minimum absolute atomic E-state index is 0.265. The molecule has 2 aromatic carbocycles. The molecule has 3 rings (SSSR count). The van der Waals surface area contributed by atoms with Crippen molar-refractivity contribution in [3.05, 3.63) is 64.5 Å². The maximum absolute atomic E-state index is 13.5. The summed E-state index contributed by atoms with van der Waals surface area (Å²) in [6.07, 6.45) is 0. The summed E-state index contributed by atoms with van der Waals surface area (Å²) >= 11 is 1.20. The highest BCUT2D eigenvalue weighted by atomic mass is 32.1. The quantitative estimate of drug-likeness (QED) is 0.589. The molecule has 2 N–H and O–H groups in total. The summed E-state index contributed by atoms with van der Waals surface area (Å²) in [5, 5.41) is 5.43. The fourth-order valence-electron chi connectivity index (χ4n) is 2.72. The van der Waals surface area contributed by atoms with E-state index in [1.807, 2.05) is 6.92 Å². The molecular formula is C21H19F2N3O3S. The monoisotopic (exact) mass is 431 g/mol. The van der Waals surface area contributed by atoms with Crippen LogP contribution in [-0.4, -0.2) is 29.9 Å². The van der Waals surface area contributed by atoms with E-state index in [2.05, 4.69) is 15.6 Å². The van der Waals surface area contributed by atoms with Crippen LogP contribution in [0.2, 0.25) is 0 Å². The number of thiazole rings is 1. The van der Waals surface area contributed by atoms with Crippen LogP contribution in [0.5, 0.6) is 5.75 Å². The lowest BCUT2D eigenvalue weighted by atomic mass is 10.1. The van der Waals surface area contributed by atoms with E-state index >= 15 is 0 Å². The molecule has 0 bridgehead atoms. The van der Waals surface area contributed by atoms with E-state index in [4.69, 9.17) is 4.74 Å². The van der Waals surface area contributed by atoms with Crippen LogP contribution < -0.4 is 15.4 Å². The van der Waals surface area contributed by atoms with Gasteiger partial charge in [0.2, 0.25) is 5.91 Å². The van der Waals surface area contributed by atoms with Crippen molar-refractivity contribution in [1.29, 1.82) is 0 Å². The zero-order chi connectivity index (χ0) is 21.7. The lowest BCUT2D eigenvalue weighted by Gasteiger charge is -2.10. The van der Waals surface area contributed by atoms with E-state index in [1.165, 1.54) is 17.4 Å². The molecule has 0 unspecified atom stereocenters. The molecule has 9 heteroatoms. The van der Waals surface area contributed by atoms with Crippen molar-refractivity contribution < 1.29 is 23.1 Å². The van der Waals surface area contributed by atoms with Crippen LogP contribution in [-0.2, 0) is 4.79 Å². The number of aryl methyl sites for hydroxylation is 1. The number of carbonyl (C=O) groups excluding carboxylic acids is 2. The molecule has 3 aromatic rings. The van der Waals surface area contributed by atoms with Crippen molar-refractivity contribution in [2.75, 3.05) is 18.5 Å². The number of nitrogens with one attached hydrogen (secondary N) is 2. The lowest BCUT2D eigenvalue weighted by molar-refractivity contribution is -0.115. The van der Waals surface area contributed by atoms with Crippen molar-refractivity contribution in [2.45, 2.75) is 13.8 Å². The van der Waals surface area contributed by atoms with Gasteiger partial charge in [0.1, 0.15) is 5.75 Å². The van der Waals surface area contributed by atoms with Gasteiger partial charge in [-0.15, -0.1) is 11.3 Å². The van der Waals surface area contributed by atoms with Gasteiger partial charge in [0.05, 0.1) is 24.4 Å². The Hall–Kier alpha value is -3.33. The molecule has 0 fully saturated rings. The highest BCUT2D eigenvalue weighted by Gasteiger charge is 2.16. The zero-order valence-corrected chi connectivity index (χ0v) is 17.1. The number of hydrogen-bond donors (Lipinski definition) is 2. The van der Waals surface area contributed by atoms with E-state index in [9.17, 15) is 18.4 Å². The Morgan fingerprint density at radius 3 is 2.63 bits per heavy atom. The van der Waals surface area contributed by atoms with Crippen LogP contribution in [0.3, 0.4) is 0 Å². The molecule has 156 valence electrons. The van der Waals surface area contributed by atoms with Gasteiger partial charge in [-0.25, -0.2) is 13.8 Å². The summed E-state index contributed by atoms with van der Waals surface area (Å²) in [6.45, 7) is 3.72. The summed E-state index contributed by atoms with van der Waals surface area (Å²) in [6, 6.07) is 10.2. The van der Waals surface area contributed by atoms with Gasteiger partial charge in [-0.1, -0.05) is 12.1 Å². The van der Waals surface area contributed by atoms with Gasteiger partial charge < -0.3 is 15.4 Å². The lowest BCUT2D eigenvalue weighted by Crippen LogP contribution is -2.33. The Balaban J connectivity index is 1.63. The average molecular weight is 431 g/mol. The number of nitrogens with zero attached hydrogens (tertiary/aromatic N) is 1. The predicted molar refractivity (Wildman–Crippen MR) is 111 cm³/mol. The van der Waals surface area contributed by atoms with Gasteiger partial charge in [-0.05, 0) is 44.2 Å². The molecule has 0 radical (unpaired) electrons. The van der Waals surface area contributed by atoms with Crippen LogP contribution in [0.4, 0.5) is 13.9 Å². The van der Waals surface area contributed by atoms with Crippen LogP contribution in [0.15, 0.2) is 42.5 Å². The molecule has 0 saturated carbocycles. The summed E-state index contributed by atoms with van der Waals surface area (Å²) in [5.74, 6) is -2.39. The Bertz CT molecular complexity index is 1090. The van der Waals surface area contributed by atoms with E-state index in [1.54, 1.807) is 31.2 Å². The van der Waals surface area contributed by atoms with E-state index in [0.29, 0.717) is 34.3 Å². The number of aromatic nitrogens is 1. The molecule has 0 aliphatic carbocycles.